The molecule has 2 N–H and O–H groups in total. The number of nitrogens with two attached hydrogens (primary N) is 1. The highest BCUT2D eigenvalue weighted by atomic mass is 32.2. The number of hydrogen-bond donors (Lipinski definition) is 1. The van der Waals surface area contributed by atoms with Gasteiger partial charge in [-0.2, -0.15) is 0 Å². The van der Waals surface area contributed by atoms with Crippen molar-refractivity contribution in [1.82, 2.24) is 0 Å². The molecule has 0 saturated carbocycles. The topological polar surface area (TPSA) is 43.1 Å². The van der Waals surface area contributed by atoms with Crippen molar-refractivity contribution >= 4 is 10.8 Å². The Morgan fingerprint density at radius 3 is 2.00 bits per heavy atom. The van der Waals surface area contributed by atoms with Crippen LogP contribution in [-0.4, -0.2) is 9.46 Å². The predicted molar refractivity (Wildman–Crippen MR) is 75.7 cm³/mol. The highest BCUT2D eigenvalue weighted by molar-refractivity contribution is 7.85. The summed E-state index contributed by atoms with van der Waals surface area (Å²) in [4.78, 5) is 0.830. The van der Waals surface area contributed by atoms with Crippen molar-refractivity contribution in [1.29, 1.82) is 0 Å². The highest BCUT2D eigenvalue weighted by Crippen LogP contribution is 2.21. The van der Waals surface area contributed by atoms with E-state index >= 15 is 0 Å². The molecule has 0 saturated heterocycles. The van der Waals surface area contributed by atoms with E-state index in [0.29, 0.717) is 0 Å². The second-order valence-electron chi connectivity index (χ2n) is 4.25. The lowest BCUT2D eigenvalue weighted by Gasteiger charge is -2.19. The van der Waals surface area contributed by atoms with Gasteiger partial charge in [-0.3, -0.25) is 4.21 Å². The van der Waals surface area contributed by atoms with Crippen LogP contribution >= 0.6 is 0 Å². The van der Waals surface area contributed by atoms with Crippen molar-refractivity contribution in [3.8, 4) is 0 Å². The fourth-order valence-corrected chi connectivity index (χ4v) is 3.13. The van der Waals surface area contributed by atoms with Gasteiger partial charge in [0.05, 0.1) is 16.0 Å². The molecule has 0 fully saturated rings. The Bertz CT molecular complexity index is 513. The zero-order chi connectivity index (χ0) is 13.0. The molecule has 94 valence electrons. The number of rotatable bonds is 4. The first-order valence-electron chi connectivity index (χ1n) is 5.96. The summed E-state index contributed by atoms with van der Waals surface area (Å²) in [6.07, 6.45) is 0. The summed E-state index contributed by atoms with van der Waals surface area (Å²) >= 11 is 0. The van der Waals surface area contributed by atoms with Crippen LogP contribution in [0.3, 0.4) is 0 Å². The molecule has 3 atom stereocenters. The molecule has 0 bridgehead atoms. The third-order valence-corrected chi connectivity index (χ3v) is 4.71. The van der Waals surface area contributed by atoms with Crippen LogP contribution in [0, 0.1) is 0 Å². The van der Waals surface area contributed by atoms with Crippen LogP contribution in [0.25, 0.3) is 0 Å². The smallest absolute Gasteiger partial charge is 0.0577 e. The third kappa shape index (κ3) is 2.86. The molecule has 2 nitrogen and oxygen atoms in total. The standard InChI is InChI=1S/C15H17NOS/c1-12(15(16)13-8-4-2-5-9-13)18(17)14-10-6-3-7-11-14/h2-12,15H,16H2,1H3. The fraction of sp³-hybridized carbons (Fsp3) is 0.200. The third-order valence-electron chi connectivity index (χ3n) is 3.00. The average molecular weight is 259 g/mol. The Balaban J connectivity index is 2.17. The average Bonchev–Trinajstić information content (AvgIpc) is 2.47. The van der Waals surface area contributed by atoms with Gasteiger partial charge in [0.2, 0.25) is 0 Å². The molecule has 0 aliphatic carbocycles. The Morgan fingerprint density at radius 1 is 0.944 bits per heavy atom. The van der Waals surface area contributed by atoms with Crippen molar-refractivity contribution in [2.75, 3.05) is 0 Å². The Labute approximate surface area is 110 Å². The molecular formula is C15H17NOS. The van der Waals surface area contributed by atoms with Crippen LogP contribution < -0.4 is 5.73 Å². The second-order valence-corrected chi connectivity index (χ2v) is 6.06. The van der Waals surface area contributed by atoms with E-state index < -0.39 is 10.8 Å². The molecule has 3 heteroatoms. The molecule has 2 aromatic rings. The van der Waals surface area contributed by atoms with E-state index in [0.717, 1.165) is 10.5 Å². The van der Waals surface area contributed by atoms with Crippen LogP contribution in [0.1, 0.15) is 18.5 Å². The molecule has 0 heterocycles. The summed E-state index contributed by atoms with van der Waals surface area (Å²) in [5.74, 6) is 0. The van der Waals surface area contributed by atoms with Gasteiger partial charge >= 0.3 is 0 Å². The molecule has 2 rings (SSSR count). The summed E-state index contributed by atoms with van der Waals surface area (Å²) in [5.41, 5.74) is 7.21. The van der Waals surface area contributed by atoms with Crippen LogP contribution in [0.4, 0.5) is 0 Å². The normalized spacial score (nSPS) is 15.9. The van der Waals surface area contributed by atoms with Crippen molar-refractivity contribution < 1.29 is 4.21 Å². The summed E-state index contributed by atoms with van der Waals surface area (Å²) in [7, 11) is -1.08. The van der Waals surface area contributed by atoms with E-state index in [4.69, 9.17) is 5.73 Å². The maximum Gasteiger partial charge on any atom is 0.0577 e. The lowest BCUT2D eigenvalue weighted by Crippen LogP contribution is -2.27. The van der Waals surface area contributed by atoms with Crippen molar-refractivity contribution in [2.45, 2.75) is 23.1 Å². The highest BCUT2D eigenvalue weighted by Gasteiger charge is 2.21. The van der Waals surface area contributed by atoms with Crippen LogP contribution in [0.5, 0.6) is 0 Å². The van der Waals surface area contributed by atoms with E-state index in [9.17, 15) is 4.21 Å². The molecule has 18 heavy (non-hydrogen) atoms. The maximum atomic E-state index is 12.4. The molecule has 2 aromatic carbocycles. The number of benzene rings is 2. The molecule has 0 aromatic heterocycles. The van der Waals surface area contributed by atoms with Gasteiger partial charge in [0.15, 0.2) is 0 Å². The van der Waals surface area contributed by atoms with Gasteiger partial charge in [0.25, 0.3) is 0 Å². The fourth-order valence-electron chi connectivity index (χ4n) is 1.85. The van der Waals surface area contributed by atoms with Crippen LogP contribution in [-0.2, 0) is 10.8 Å². The Kier molecular flexibility index (Phi) is 4.28. The minimum absolute atomic E-state index is 0.116. The lowest BCUT2D eigenvalue weighted by molar-refractivity contribution is 0.643. The van der Waals surface area contributed by atoms with E-state index in [2.05, 4.69) is 0 Å². The predicted octanol–water partition coefficient (Wildman–Crippen LogP) is 2.88. The molecule has 0 aliphatic heterocycles. The molecule has 0 amide bonds. The second kappa shape index (κ2) is 5.94. The maximum absolute atomic E-state index is 12.4. The summed E-state index contributed by atoms with van der Waals surface area (Å²) in [5, 5.41) is -0.116. The first-order valence-corrected chi connectivity index (χ1v) is 7.17. The largest absolute Gasteiger partial charge is 0.323 e. The first kappa shape index (κ1) is 13.0. The van der Waals surface area contributed by atoms with Crippen molar-refractivity contribution in [3.63, 3.8) is 0 Å². The van der Waals surface area contributed by atoms with Gasteiger partial charge in [-0.25, -0.2) is 0 Å². The first-order chi connectivity index (χ1) is 8.70. The lowest BCUT2D eigenvalue weighted by atomic mass is 10.1. The SMILES string of the molecule is CC(C(N)c1ccccc1)S(=O)c1ccccc1. The zero-order valence-corrected chi connectivity index (χ0v) is 11.1. The minimum Gasteiger partial charge on any atom is -0.323 e. The monoisotopic (exact) mass is 259 g/mol. The molecular weight excluding hydrogens is 242 g/mol. The molecule has 3 unspecified atom stereocenters. The van der Waals surface area contributed by atoms with E-state index in [1.807, 2.05) is 67.6 Å². The van der Waals surface area contributed by atoms with Gasteiger partial charge < -0.3 is 5.73 Å². The van der Waals surface area contributed by atoms with E-state index in [1.165, 1.54) is 0 Å². The van der Waals surface area contributed by atoms with Crippen LogP contribution in [0.15, 0.2) is 65.6 Å². The van der Waals surface area contributed by atoms with Crippen molar-refractivity contribution in [2.24, 2.45) is 5.73 Å². The number of hydrogen-bond acceptors (Lipinski definition) is 2. The molecule has 0 radical (unpaired) electrons. The van der Waals surface area contributed by atoms with E-state index in [-0.39, 0.29) is 11.3 Å². The minimum atomic E-state index is -1.08. The van der Waals surface area contributed by atoms with Gasteiger partial charge in [0, 0.05) is 10.9 Å². The molecule has 0 spiro atoms. The van der Waals surface area contributed by atoms with Crippen molar-refractivity contribution in [3.05, 3.63) is 66.2 Å². The van der Waals surface area contributed by atoms with Gasteiger partial charge in [0.1, 0.15) is 0 Å². The molecule has 0 aliphatic rings. The summed E-state index contributed by atoms with van der Waals surface area (Å²) < 4.78 is 12.4. The zero-order valence-electron chi connectivity index (χ0n) is 10.3. The van der Waals surface area contributed by atoms with E-state index in [1.54, 1.807) is 0 Å². The van der Waals surface area contributed by atoms with Gasteiger partial charge in [-0.15, -0.1) is 0 Å². The quantitative estimate of drug-likeness (QED) is 0.917. The summed E-state index contributed by atoms with van der Waals surface area (Å²) in [6, 6.07) is 19.1. The Morgan fingerprint density at radius 2 is 1.44 bits per heavy atom. The van der Waals surface area contributed by atoms with Crippen LogP contribution in [0.2, 0.25) is 0 Å². The van der Waals surface area contributed by atoms with Gasteiger partial charge in [-0.05, 0) is 24.6 Å². The van der Waals surface area contributed by atoms with Gasteiger partial charge in [-0.1, -0.05) is 48.5 Å². The summed E-state index contributed by atoms with van der Waals surface area (Å²) in [6.45, 7) is 1.93. The Hall–Kier alpha value is -1.45.